The molecule has 0 spiro atoms. The Kier molecular flexibility index (Phi) is 5.64. The molecule has 0 bridgehead atoms. The van der Waals surface area contributed by atoms with Gasteiger partial charge in [-0.15, -0.1) is 0 Å². The number of nitrogens with one attached hydrogen (secondary N) is 1. The van der Waals surface area contributed by atoms with Crippen LogP contribution >= 0.6 is 0 Å². The zero-order valence-electron chi connectivity index (χ0n) is 13.0. The largest absolute Gasteiger partial charge is 0.358 e. The minimum absolute atomic E-state index is 0.0204. The van der Waals surface area contributed by atoms with Gasteiger partial charge in [-0.2, -0.15) is 0 Å². The predicted molar refractivity (Wildman–Crippen MR) is 83.9 cm³/mol. The Labute approximate surface area is 134 Å². The molecule has 1 aromatic carbocycles. The number of para-hydroxylation sites is 1. The minimum atomic E-state index is -0.468. The van der Waals surface area contributed by atoms with Gasteiger partial charge < -0.3 is 10.2 Å². The van der Waals surface area contributed by atoms with Gasteiger partial charge in [0.25, 0.3) is 5.69 Å². The summed E-state index contributed by atoms with van der Waals surface area (Å²) in [4.78, 5) is 37.9. The Hall–Kier alpha value is -2.48. The molecule has 2 amide bonds. The number of piperazine rings is 1. The summed E-state index contributed by atoms with van der Waals surface area (Å²) in [5.74, 6) is -0.177. The summed E-state index contributed by atoms with van der Waals surface area (Å²) < 4.78 is 0. The summed E-state index contributed by atoms with van der Waals surface area (Å²) in [7, 11) is 1.59. The molecule has 8 nitrogen and oxygen atoms in total. The predicted octanol–water partition coefficient (Wildman–Crippen LogP) is 0.0275. The first-order chi connectivity index (χ1) is 11.0. The van der Waals surface area contributed by atoms with E-state index in [0.717, 1.165) is 0 Å². The molecular weight excluding hydrogens is 300 g/mol. The summed E-state index contributed by atoms with van der Waals surface area (Å²) in [5.41, 5.74) is 0.398. The molecule has 1 fully saturated rings. The lowest BCUT2D eigenvalue weighted by atomic mass is 10.1. The lowest BCUT2D eigenvalue weighted by molar-refractivity contribution is -0.385. The van der Waals surface area contributed by atoms with Crippen LogP contribution in [0.25, 0.3) is 0 Å². The summed E-state index contributed by atoms with van der Waals surface area (Å²) in [6, 6.07) is 6.29. The van der Waals surface area contributed by atoms with Crippen molar-refractivity contribution in [3.8, 4) is 0 Å². The zero-order chi connectivity index (χ0) is 16.8. The number of nitro groups is 1. The number of carbonyl (C=O) groups excluding carboxylic acids is 2. The van der Waals surface area contributed by atoms with Crippen LogP contribution in [0.15, 0.2) is 24.3 Å². The van der Waals surface area contributed by atoms with Crippen molar-refractivity contribution in [3.63, 3.8) is 0 Å². The third-order valence-corrected chi connectivity index (χ3v) is 3.90. The Morgan fingerprint density at radius 1 is 1.22 bits per heavy atom. The quantitative estimate of drug-likeness (QED) is 0.610. The highest BCUT2D eigenvalue weighted by molar-refractivity contribution is 5.80. The maximum absolute atomic E-state index is 12.3. The first kappa shape index (κ1) is 16.9. The van der Waals surface area contributed by atoms with Crippen molar-refractivity contribution < 1.29 is 14.5 Å². The van der Waals surface area contributed by atoms with E-state index in [4.69, 9.17) is 0 Å². The van der Waals surface area contributed by atoms with Crippen LogP contribution < -0.4 is 5.32 Å². The van der Waals surface area contributed by atoms with Gasteiger partial charge in [0, 0.05) is 44.9 Å². The fraction of sp³-hybridized carbons (Fsp3) is 0.467. The maximum atomic E-state index is 12.3. The summed E-state index contributed by atoms with van der Waals surface area (Å²) in [5, 5.41) is 13.6. The summed E-state index contributed by atoms with van der Waals surface area (Å²) >= 11 is 0. The smallest absolute Gasteiger partial charge is 0.273 e. The van der Waals surface area contributed by atoms with Crippen LogP contribution in [-0.4, -0.2) is 66.3 Å². The lowest BCUT2D eigenvalue weighted by Gasteiger charge is -2.34. The molecule has 0 unspecified atom stereocenters. The molecule has 0 aliphatic carbocycles. The molecule has 1 saturated heterocycles. The fourth-order valence-electron chi connectivity index (χ4n) is 2.55. The van der Waals surface area contributed by atoms with E-state index in [2.05, 4.69) is 5.32 Å². The van der Waals surface area contributed by atoms with Gasteiger partial charge in [0.2, 0.25) is 11.8 Å². The van der Waals surface area contributed by atoms with Gasteiger partial charge >= 0.3 is 0 Å². The number of amides is 2. The fourth-order valence-corrected chi connectivity index (χ4v) is 2.55. The number of hydrogen-bond donors (Lipinski definition) is 1. The highest BCUT2D eigenvalue weighted by Gasteiger charge is 2.24. The van der Waals surface area contributed by atoms with Crippen LogP contribution in [0.5, 0.6) is 0 Å². The number of benzene rings is 1. The van der Waals surface area contributed by atoms with E-state index in [9.17, 15) is 19.7 Å². The average molecular weight is 320 g/mol. The molecule has 2 rings (SSSR count). The molecule has 8 heteroatoms. The van der Waals surface area contributed by atoms with Crippen LogP contribution in [0.3, 0.4) is 0 Å². The second-order valence-corrected chi connectivity index (χ2v) is 5.39. The molecule has 124 valence electrons. The van der Waals surface area contributed by atoms with Crippen LogP contribution in [0.1, 0.15) is 5.56 Å². The molecular formula is C15H20N4O4. The van der Waals surface area contributed by atoms with E-state index in [0.29, 0.717) is 38.3 Å². The number of nitrogens with zero attached hydrogens (tertiary/aromatic N) is 3. The standard InChI is InChI=1S/C15H20N4O4/c1-16-14(20)11-17-6-8-18(9-7-17)15(21)10-12-4-2-3-5-13(12)19(22)23/h2-5H,6-11H2,1H3,(H,16,20). The van der Waals surface area contributed by atoms with E-state index in [1.54, 1.807) is 30.1 Å². The van der Waals surface area contributed by atoms with Gasteiger partial charge in [-0.3, -0.25) is 24.6 Å². The second kappa shape index (κ2) is 7.68. The Bertz CT molecular complexity index is 597. The molecule has 23 heavy (non-hydrogen) atoms. The first-order valence-electron chi connectivity index (χ1n) is 7.44. The molecule has 1 aromatic rings. The topological polar surface area (TPSA) is 95.8 Å². The van der Waals surface area contributed by atoms with Gasteiger partial charge in [0.15, 0.2) is 0 Å². The Balaban J connectivity index is 1.91. The van der Waals surface area contributed by atoms with Crippen molar-refractivity contribution in [3.05, 3.63) is 39.9 Å². The SMILES string of the molecule is CNC(=O)CN1CCN(C(=O)Cc2ccccc2[N+](=O)[O-])CC1. The van der Waals surface area contributed by atoms with Crippen LogP contribution in [-0.2, 0) is 16.0 Å². The Morgan fingerprint density at radius 2 is 1.87 bits per heavy atom. The van der Waals surface area contributed by atoms with Crippen LogP contribution in [0.4, 0.5) is 5.69 Å². The second-order valence-electron chi connectivity index (χ2n) is 5.39. The van der Waals surface area contributed by atoms with E-state index >= 15 is 0 Å². The third-order valence-electron chi connectivity index (χ3n) is 3.90. The molecule has 1 heterocycles. The van der Waals surface area contributed by atoms with Crippen molar-refractivity contribution in [2.24, 2.45) is 0 Å². The normalized spacial score (nSPS) is 15.3. The van der Waals surface area contributed by atoms with Crippen molar-refractivity contribution in [1.29, 1.82) is 0 Å². The molecule has 0 aromatic heterocycles. The van der Waals surface area contributed by atoms with E-state index in [1.807, 2.05) is 4.90 Å². The van der Waals surface area contributed by atoms with Gasteiger partial charge in [0.05, 0.1) is 17.9 Å². The molecule has 0 atom stereocenters. The third kappa shape index (κ3) is 4.49. The molecule has 1 aliphatic heterocycles. The molecule has 0 radical (unpaired) electrons. The van der Waals surface area contributed by atoms with Gasteiger partial charge in [-0.05, 0) is 0 Å². The van der Waals surface area contributed by atoms with Crippen molar-refractivity contribution in [2.75, 3.05) is 39.8 Å². The highest BCUT2D eigenvalue weighted by atomic mass is 16.6. The number of hydrogen-bond acceptors (Lipinski definition) is 5. The van der Waals surface area contributed by atoms with E-state index in [1.165, 1.54) is 6.07 Å². The minimum Gasteiger partial charge on any atom is -0.358 e. The van der Waals surface area contributed by atoms with Gasteiger partial charge in [-0.25, -0.2) is 0 Å². The highest BCUT2D eigenvalue weighted by Crippen LogP contribution is 2.19. The molecule has 1 N–H and O–H groups in total. The van der Waals surface area contributed by atoms with Crippen LogP contribution in [0.2, 0.25) is 0 Å². The molecule has 0 saturated carbocycles. The van der Waals surface area contributed by atoms with Crippen LogP contribution in [0, 0.1) is 10.1 Å². The van der Waals surface area contributed by atoms with Crippen molar-refractivity contribution in [2.45, 2.75) is 6.42 Å². The number of carbonyl (C=O) groups is 2. The number of likely N-dealkylation sites (N-methyl/N-ethyl adjacent to an activating group) is 1. The van der Waals surface area contributed by atoms with Gasteiger partial charge in [0.1, 0.15) is 0 Å². The molecule has 1 aliphatic rings. The van der Waals surface area contributed by atoms with Gasteiger partial charge in [-0.1, -0.05) is 18.2 Å². The first-order valence-corrected chi connectivity index (χ1v) is 7.44. The average Bonchev–Trinajstić information content (AvgIpc) is 2.55. The van der Waals surface area contributed by atoms with Crippen molar-refractivity contribution >= 4 is 17.5 Å². The zero-order valence-corrected chi connectivity index (χ0v) is 13.0. The maximum Gasteiger partial charge on any atom is 0.273 e. The van der Waals surface area contributed by atoms with E-state index in [-0.39, 0.29) is 23.9 Å². The number of rotatable bonds is 5. The summed E-state index contributed by atoms with van der Waals surface area (Å²) in [6.07, 6.45) is 0.0204. The van der Waals surface area contributed by atoms with E-state index < -0.39 is 4.92 Å². The van der Waals surface area contributed by atoms with Crippen molar-refractivity contribution in [1.82, 2.24) is 15.1 Å². The monoisotopic (exact) mass is 320 g/mol. The summed E-state index contributed by atoms with van der Waals surface area (Å²) in [6.45, 7) is 2.61. The Morgan fingerprint density at radius 3 is 2.48 bits per heavy atom. The lowest BCUT2D eigenvalue weighted by Crippen LogP contribution is -2.51. The number of nitro benzene ring substituents is 1.